The standard InChI is InChI=1S/C15H15N3O5S2/c16-15(21)18-25(22,23)11-5-3-10(4-6-11)17-14(20)8-7-12(19)13-2-1-9-24-13/h1-6,9H,7-8H2,(H,17,20)(H3,16,18,21). The van der Waals surface area contributed by atoms with Gasteiger partial charge in [0.2, 0.25) is 5.91 Å². The topological polar surface area (TPSA) is 135 Å². The highest BCUT2D eigenvalue weighted by molar-refractivity contribution is 7.90. The van der Waals surface area contributed by atoms with Crippen molar-refractivity contribution >= 4 is 44.8 Å². The zero-order valence-electron chi connectivity index (χ0n) is 12.9. The number of benzene rings is 1. The predicted molar refractivity (Wildman–Crippen MR) is 92.9 cm³/mol. The fourth-order valence-electron chi connectivity index (χ4n) is 1.92. The minimum absolute atomic E-state index is 0.0139. The Balaban J connectivity index is 1.91. The number of sulfonamides is 1. The molecule has 4 N–H and O–H groups in total. The van der Waals surface area contributed by atoms with Gasteiger partial charge in [-0.1, -0.05) is 6.07 Å². The molecule has 0 atom stereocenters. The van der Waals surface area contributed by atoms with Crippen molar-refractivity contribution < 1.29 is 22.8 Å². The van der Waals surface area contributed by atoms with Gasteiger partial charge in [-0.15, -0.1) is 11.3 Å². The van der Waals surface area contributed by atoms with Crippen molar-refractivity contribution in [3.63, 3.8) is 0 Å². The van der Waals surface area contributed by atoms with Gasteiger partial charge in [0.1, 0.15) is 0 Å². The zero-order chi connectivity index (χ0) is 18.4. The van der Waals surface area contributed by atoms with E-state index in [2.05, 4.69) is 5.32 Å². The molecule has 8 nitrogen and oxygen atoms in total. The molecule has 0 saturated heterocycles. The van der Waals surface area contributed by atoms with E-state index in [0.717, 1.165) is 0 Å². The van der Waals surface area contributed by atoms with Gasteiger partial charge >= 0.3 is 6.03 Å². The van der Waals surface area contributed by atoms with Crippen molar-refractivity contribution in [2.45, 2.75) is 17.7 Å². The average Bonchev–Trinajstić information content (AvgIpc) is 3.06. The first-order chi connectivity index (χ1) is 11.8. The molecular formula is C15H15N3O5S2. The molecule has 1 aromatic carbocycles. The Morgan fingerprint density at radius 1 is 1.04 bits per heavy atom. The van der Waals surface area contributed by atoms with Gasteiger partial charge < -0.3 is 11.1 Å². The van der Waals surface area contributed by atoms with Crippen LogP contribution in [0.2, 0.25) is 0 Å². The Hall–Kier alpha value is -2.72. The number of ketones is 1. The lowest BCUT2D eigenvalue weighted by Gasteiger charge is -2.07. The Bertz CT molecular complexity index is 874. The molecule has 0 bridgehead atoms. The van der Waals surface area contributed by atoms with E-state index in [1.165, 1.54) is 35.6 Å². The summed E-state index contributed by atoms with van der Waals surface area (Å²) in [6.07, 6.45) is 0.0986. The monoisotopic (exact) mass is 381 g/mol. The van der Waals surface area contributed by atoms with Gasteiger partial charge in [0, 0.05) is 18.5 Å². The van der Waals surface area contributed by atoms with E-state index in [-0.39, 0.29) is 29.4 Å². The summed E-state index contributed by atoms with van der Waals surface area (Å²) < 4.78 is 25.1. The number of carbonyl (C=O) groups excluding carboxylic acids is 3. The van der Waals surface area contributed by atoms with Crippen LogP contribution in [0.3, 0.4) is 0 Å². The number of nitrogens with one attached hydrogen (secondary N) is 2. The normalized spacial score (nSPS) is 10.9. The van der Waals surface area contributed by atoms with Gasteiger partial charge in [-0.05, 0) is 35.7 Å². The Kier molecular flexibility index (Phi) is 5.88. The number of carbonyl (C=O) groups is 3. The number of rotatable bonds is 7. The molecule has 0 radical (unpaired) electrons. The van der Waals surface area contributed by atoms with E-state index in [4.69, 9.17) is 5.73 Å². The largest absolute Gasteiger partial charge is 0.351 e. The molecule has 0 aliphatic rings. The van der Waals surface area contributed by atoms with Crippen LogP contribution < -0.4 is 15.8 Å². The van der Waals surface area contributed by atoms with Gasteiger partial charge in [-0.25, -0.2) is 17.9 Å². The third-order valence-electron chi connectivity index (χ3n) is 3.06. The van der Waals surface area contributed by atoms with Crippen LogP contribution in [-0.4, -0.2) is 26.1 Å². The SMILES string of the molecule is NC(=O)NS(=O)(=O)c1ccc(NC(=O)CCC(=O)c2cccs2)cc1. The average molecular weight is 381 g/mol. The molecule has 10 heteroatoms. The highest BCUT2D eigenvalue weighted by Gasteiger charge is 2.16. The van der Waals surface area contributed by atoms with Gasteiger partial charge in [-0.3, -0.25) is 9.59 Å². The lowest BCUT2D eigenvalue weighted by molar-refractivity contribution is -0.116. The number of primary amides is 1. The Morgan fingerprint density at radius 2 is 1.72 bits per heavy atom. The summed E-state index contributed by atoms with van der Waals surface area (Å²) in [4.78, 5) is 34.8. The first-order valence-corrected chi connectivity index (χ1v) is 9.43. The predicted octanol–water partition coefficient (Wildman–Crippen LogP) is 1.71. The fraction of sp³-hybridized carbons (Fsp3) is 0.133. The van der Waals surface area contributed by atoms with Crippen LogP contribution in [0.4, 0.5) is 10.5 Å². The lowest BCUT2D eigenvalue weighted by Crippen LogP contribution is -2.34. The van der Waals surface area contributed by atoms with E-state index in [1.54, 1.807) is 22.2 Å². The molecule has 132 valence electrons. The lowest BCUT2D eigenvalue weighted by atomic mass is 10.2. The van der Waals surface area contributed by atoms with Crippen molar-refractivity contribution in [2.24, 2.45) is 5.73 Å². The third kappa shape index (κ3) is 5.40. The molecule has 25 heavy (non-hydrogen) atoms. The van der Waals surface area contributed by atoms with Crippen molar-refractivity contribution in [3.8, 4) is 0 Å². The number of anilines is 1. The minimum Gasteiger partial charge on any atom is -0.351 e. The summed E-state index contributed by atoms with van der Waals surface area (Å²) in [5.74, 6) is -0.472. The van der Waals surface area contributed by atoms with Crippen LogP contribution in [0.1, 0.15) is 22.5 Å². The molecule has 1 heterocycles. The molecule has 3 amide bonds. The molecule has 0 spiro atoms. The van der Waals surface area contributed by atoms with E-state index in [9.17, 15) is 22.8 Å². The molecule has 2 rings (SSSR count). The highest BCUT2D eigenvalue weighted by atomic mass is 32.2. The van der Waals surface area contributed by atoms with E-state index >= 15 is 0 Å². The number of hydrogen-bond donors (Lipinski definition) is 3. The summed E-state index contributed by atoms with van der Waals surface area (Å²) in [6.45, 7) is 0. The van der Waals surface area contributed by atoms with Crippen molar-refractivity contribution in [1.29, 1.82) is 0 Å². The van der Waals surface area contributed by atoms with Gasteiger partial charge in [0.25, 0.3) is 10.0 Å². The van der Waals surface area contributed by atoms with Crippen LogP contribution >= 0.6 is 11.3 Å². The number of Topliss-reactive ketones (excluding diaryl/α,β-unsaturated/α-hetero) is 1. The molecule has 0 saturated carbocycles. The van der Waals surface area contributed by atoms with Crippen molar-refractivity contribution in [1.82, 2.24) is 4.72 Å². The maximum absolute atomic E-state index is 11.9. The third-order valence-corrected chi connectivity index (χ3v) is 5.33. The number of nitrogens with two attached hydrogens (primary N) is 1. The molecule has 0 fully saturated rings. The second-order valence-electron chi connectivity index (χ2n) is 4.94. The molecule has 2 aromatic rings. The minimum atomic E-state index is -4.03. The number of hydrogen-bond acceptors (Lipinski definition) is 6. The van der Waals surface area contributed by atoms with Crippen LogP contribution in [0.5, 0.6) is 0 Å². The summed E-state index contributed by atoms with van der Waals surface area (Å²) in [5, 5.41) is 4.36. The second kappa shape index (κ2) is 7.90. The van der Waals surface area contributed by atoms with Crippen molar-refractivity contribution in [2.75, 3.05) is 5.32 Å². The summed E-state index contributed by atoms with van der Waals surface area (Å²) >= 11 is 1.32. The number of urea groups is 1. The number of amides is 3. The smallest absolute Gasteiger partial charge is 0.326 e. The van der Waals surface area contributed by atoms with Crippen LogP contribution in [0.15, 0.2) is 46.7 Å². The first kappa shape index (κ1) is 18.6. The van der Waals surface area contributed by atoms with Gasteiger partial charge in [0.15, 0.2) is 5.78 Å². The maximum Gasteiger partial charge on any atom is 0.326 e. The van der Waals surface area contributed by atoms with E-state index in [1.807, 2.05) is 0 Å². The Labute approximate surface area is 148 Å². The highest BCUT2D eigenvalue weighted by Crippen LogP contribution is 2.15. The summed E-state index contributed by atoms with van der Waals surface area (Å²) in [5.41, 5.74) is 5.16. The summed E-state index contributed by atoms with van der Waals surface area (Å²) in [6, 6.07) is 7.45. The van der Waals surface area contributed by atoms with Crippen LogP contribution in [0, 0.1) is 0 Å². The van der Waals surface area contributed by atoms with E-state index in [0.29, 0.717) is 10.6 Å². The molecular weight excluding hydrogens is 366 g/mol. The molecule has 1 aromatic heterocycles. The molecule has 0 unspecified atom stereocenters. The van der Waals surface area contributed by atoms with Gasteiger partial charge in [0.05, 0.1) is 9.77 Å². The van der Waals surface area contributed by atoms with Crippen molar-refractivity contribution in [3.05, 3.63) is 46.7 Å². The summed E-state index contributed by atoms with van der Waals surface area (Å²) in [7, 11) is -4.03. The van der Waals surface area contributed by atoms with E-state index < -0.39 is 16.1 Å². The number of thiophene rings is 1. The maximum atomic E-state index is 11.9. The molecule has 0 aliphatic carbocycles. The fourth-order valence-corrected chi connectivity index (χ4v) is 3.49. The zero-order valence-corrected chi connectivity index (χ0v) is 14.5. The second-order valence-corrected chi connectivity index (χ2v) is 7.57. The molecule has 0 aliphatic heterocycles. The van der Waals surface area contributed by atoms with Crippen LogP contribution in [0.25, 0.3) is 0 Å². The Morgan fingerprint density at radius 3 is 2.28 bits per heavy atom. The quantitative estimate of drug-likeness (QED) is 0.627. The van der Waals surface area contributed by atoms with Crippen LogP contribution in [-0.2, 0) is 14.8 Å². The van der Waals surface area contributed by atoms with Gasteiger partial charge in [-0.2, -0.15) is 0 Å². The first-order valence-electron chi connectivity index (χ1n) is 7.07.